The summed E-state index contributed by atoms with van der Waals surface area (Å²) in [7, 11) is 0. The third kappa shape index (κ3) is 2.88. The Morgan fingerprint density at radius 2 is 2.04 bits per heavy atom. The van der Waals surface area contributed by atoms with Gasteiger partial charge in [0.25, 0.3) is 0 Å². The van der Waals surface area contributed by atoms with Crippen molar-refractivity contribution in [1.29, 1.82) is 0 Å². The first-order chi connectivity index (χ1) is 12.1. The van der Waals surface area contributed by atoms with E-state index in [0.717, 1.165) is 18.4 Å². The molecule has 1 fully saturated rings. The Kier molecular flexibility index (Phi) is 3.95. The average molecular weight is 339 g/mol. The number of carbonyl (C=O) groups is 2. The molecule has 0 unspecified atom stereocenters. The highest BCUT2D eigenvalue weighted by molar-refractivity contribution is 6.01. The minimum atomic E-state index is -0.563. The molecule has 2 aliphatic rings. The number of fused-ring (bicyclic) bond motifs is 1. The Hall–Kier alpha value is -2.76. The molecule has 2 aliphatic heterocycles. The summed E-state index contributed by atoms with van der Waals surface area (Å²) in [5.74, 6) is -1.31. The van der Waals surface area contributed by atoms with Crippen LogP contribution in [0.25, 0.3) is 0 Å². The summed E-state index contributed by atoms with van der Waals surface area (Å²) in [6.45, 7) is 0.667. The first-order valence-corrected chi connectivity index (χ1v) is 8.43. The van der Waals surface area contributed by atoms with Crippen LogP contribution in [0.5, 0.6) is 0 Å². The van der Waals surface area contributed by atoms with Gasteiger partial charge in [-0.3, -0.25) is 14.6 Å². The van der Waals surface area contributed by atoms with Crippen molar-refractivity contribution in [2.75, 3.05) is 11.9 Å². The van der Waals surface area contributed by atoms with Gasteiger partial charge in [-0.05, 0) is 48.2 Å². The molecule has 1 aromatic heterocycles. The number of nitrogens with zero attached hydrogens (tertiary/aromatic N) is 2. The molecule has 0 aliphatic carbocycles. The fraction of sp³-hybridized carbons (Fsp3) is 0.316. The molecule has 128 valence electrons. The highest BCUT2D eigenvalue weighted by Gasteiger charge is 2.38. The number of aromatic nitrogens is 1. The lowest BCUT2D eigenvalue weighted by Gasteiger charge is -2.32. The molecule has 2 atom stereocenters. The molecule has 6 heteroatoms. The van der Waals surface area contributed by atoms with Crippen LogP contribution in [0.3, 0.4) is 0 Å². The molecule has 0 radical (unpaired) electrons. The second kappa shape index (κ2) is 6.27. The van der Waals surface area contributed by atoms with Gasteiger partial charge >= 0.3 is 0 Å². The van der Waals surface area contributed by atoms with Crippen LogP contribution >= 0.6 is 0 Å². The van der Waals surface area contributed by atoms with Gasteiger partial charge in [0.1, 0.15) is 5.82 Å². The van der Waals surface area contributed by atoms with E-state index in [2.05, 4.69) is 10.3 Å². The van der Waals surface area contributed by atoms with Gasteiger partial charge in [-0.25, -0.2) is 4.39 Å². The Bertz CT molecular complexity index is 825. The standard InChI is InChI=1S/C19H18FN3O2/c20-13-3-4-14-15(11-18(24)22-16(14)10-13)19(25)23-9-1-2-17(23)12-5-7-21-8-6-12/h3-8,10,15,17H,1-2,9,11H2,(H,22,24)/t15-,17-/m0/s1. The van der Waals surface area contributed by atoms with Crippen LogP contribution in [-0.2, 0) is 9.59 Å². The molecule has 1 saturated heterocycles. The summed E-state index contributed by atoms with van der Waals surface area (Å²) in [6.07, 6.45) is 5.36. The molecule has 1 aromatic carbocycles. The summed E-state index contributed by atoms with van der Waals surface area (Å²) in [6, 6.07) is 8.06. The number of likely N-dealkylation sites (tertiary alicyclic amines) is 1. The van der Waals surface area contributed by atoms with E-state index >= 15 is 0 Å². The summed E-state index contributed by atoms with van der Waals surface area (Å²) in [4.78, 5) is 31.1. The molecule has 4 rings (SSSR count). The molecule has 3 heterocycles. The number of amides is 2. The Morgan fingerprint density at radius 1 is 1.24 bits per heavy atom. The Morgan fingerprint density at radius 3 is 2.84 bits per heavy atom. The van der Waals surface area contributed by atoms with E-state index in [1.807, 2.05) is 17.0 Å². The van der Waals surface area contributed by atoms with Gasteiger partial charge in [0, 0.05) is 31.0 Å². The zero-order valence-corrected chi connectivity index (χ0v) is 13.6. The number of benzene rings is 1. The molecule has 5 nitrogen and oxygen atoms in total. The highest BCUT2D eigenvalue weighted by Crippen LogP contribution is 2.39. The van der Waals surface area contributed by atoms with Gasteiger partial charge in [0.15, 0.2) is 0 Å². The normalized spacial score (nSPS) is 22.4. The van der Waals surface area contributed by atoms with Crippen molar-refractivity contribution in [3.63, 3.8) is 0 Å². The maximum absolute atomic E-state index is 13.5. The van der Waals surface area contributed by atoms with Crippen LogP contribution in [0.1, 0.15) is 42.3 Å². The van der Waals surface area contributed by atoms with Crippen LogP contribution in [0.15, 0.2) is 42.7 Å². The van der Waals surface area contributed by atoms with Gasteiger partial charge in [0.05, 0.1) is 12.0 Å². The third-order valence-corrected chi connectivity index (χ3v) is 4.98. The van der Waals surface area contributed by atoms with Crippen molar-refractivity contribution in [2.45, 2.75) is 31.2 Å². The maximum Gasteiger partial charge on any atom is 0.231 e. The van der Waals surface area contributed by atoms with Crippen molar-refractivity contribution < 1.29 is 14.0 Å². The summed E-state index contributed by atoms with van der Waals surface area (Å²) >= 11 is 0. The molecular formula is C19H18FN3O2. The third-order valence-electron chi connectivity index (χ3n) is 4.98. The lowest BCUT2D eigenvalue weighted by Crippen LogP contribution is -2.38. The fourth-order valence-corrected chi connectivity index (χ4v) is 3.82. The number of halogens is 1. The lowest BCUT2D eigenvalue weighted by atomic mass is 9.88. The zero-order chi connectivity index (χ0) is 17.4. The molecule has 0 spiro atoms. The lowest BCUT2D eigenvalue weighted by molar-refractivity contribution is -0.135. The predicted molar refractivity (Wildman–Crippen MR) is 90.3 cm³/mol. The van der Waals surface area contributed by atoms with Crippen molar-refractivity contribution in [3.8, 4) is 0 Å². The number of hydrogen-bond acceptors (Lipinski definition) is 3. The minimum Gasteiger partial charge on any atom is -0.335 e. The number of anilines is 1. The molecule has 0 bridgehead atoms. The first-order valence-electron chi connectivity index (χ1n) is 8.43. The van der Waals surface area contributed by atoms with Gasteiger partial charge in [0.2, 0.25) is 11.8 Å². The second-order valence-corrected chi connectivity index (χ2v) is 6.51. The summed E-state index contributed by atoms with van der Waals surface area (Å²) < 4.78 is 13.5. The molecule has 2 aromatic rings. The number of hydrogen-bond donors (Lipinski definition) is 1. The maximum atomic E-state index is 13.5. The molecule has 2 amide bonds. The van der Waals surface area contributed by atoms with Crippen molar-refractivity contribution in [3.05, 3.63) is 59.7 Å². The van der Waals surface area contributed by atoms with E-state index in [-0.39, 0.29) is 24.3 Å². The van der Waals surface area contributed by atoms with Crippen molar-refractivity contribution >= 4 is 17.5 Å². The molecule has 25 heavy (non-hydrogen) atoms. The number of carbonyl (C=O) groups excluding carboxylic acids is 2. The topological polar surface area (TPSA) is 62.3 Å². The quantitative estimate of drug-likeness (QED) is 0.915. The van der Waals surface area contributed by atoms with E-state index in [1.54, 1.807) is 18.5 Å². The van der Waals surface area contributed by atoms with E-state index in [9.17, 15) is 14.0 Å². The van der Waals surface area contributed by atoms with Crippen LogP contribution in [-0.4, -0.2) is 28.2 Å². The van der Waals surface area contributed by atoms with E-state index in [0.29, 0.717) is 17.8 Å². The highest BCUT2D eigenvalue weighted by atomic mass is 19.1. The summed E-state index contributed by atoms with van der Waals surface area (Å²) in [5.41, 5.74) is 2.14. The van der Waals surface area contributed by atoms with Gasteiger partial charge in [-0.2, -0.15) is 0 Å². The van der Waals surface area contributed by atoms with Gasteiger partial charge < -0.3 is 10.2 Å². The smallest absolute Gasteiger partial charge is 0.231 e. The number of nitrogens with one attached hydrogen (secondary N) is 1. The second-order valence-electron chi connectivity index (χ2n) is 6.51. The van der Waals surface area contributed by atoms with E-state index < -0.39 is 11.7 Å². The predicted octanol–water partition coefficient (Wildman–Crippen LogP) is 3.01. The SMILES string of the molecule is O=C1C[C@H](C(=O)N2CCC[C@H]2c2ccncc2)c2ccc(F)cc2N1. The largest absolute Gasteiger partial charge is 0.335 e. The van der Waals surface area contributed by atoms with Crippen LogP contribution in [0.4, 0.5) is 10.1 Å². The first kappa shape index (κ1) is 15.7. The Balaban J connectivity index is 1.66. The average Bonchev–Trinajstić information content (AvgIpc) is 3.10. The fourth-order valence-electron chi connectivity index (χ4n) is 3.82. The zero-order valence-electron chi connectivity index (χ0n) is 13.6. The molecule has 1 N–H and O–H groups in total. The van der Waals surface area contributed by atoms with Crippen molar-refractivity contribution in [1.82, 2.24) is 9.88 Å². The monoisotopic (exact) mass is 339 g/mol. The number of pyridine rings is 1. The van der Waals surface area contributed by atoms with Crippen LogP contribution in [0, 0.1) is 5.82 Å². The minimum absolute atomic E-state index is 0.00406. The van der Waals surface area contributed by atoms with Crippen molar-refractivity contribution in [2.24, 2.45) is 0 Å². The molecular weight excluding hydrogens is 321 g/mol. The number of rotatable bonds is 2. The van der Waals surface area contributed by atoms with Gasteiger partial charge in [-0.1, -0.05) is 6.07 Å². The van der Waals surface area contributed by atoms with E-state index in [4.69, 9.17) is 0 Å². The Labute approximate surface area is 144 Å². The molecule has 0 saturated carbocycles. The van der Waals surface area contributed by atoms with Crippen LogP contribution < -0.4 is 5.32 Å². The van der Waals surface area contributed by atoms with Crippen LogP contribution in [0.2, 0.25) is 0 Å². The van der Waals surface area contributed by atoms with Gasteiger partial charge in [-0.15, -0.1) is 0 Å². The summed E-state index contributed by atoms with van der Waals surface area (Å²) in [5, 5.41) is 2.66. The van der Waals surface area contributed by atoms with E-state index in [1.165, 1.54) is 12.1 Å².